The zero-order valence-electron chi connectivity index (χ0n) is 17.7. The van der Waals surface area contributed by atoms with Gasteiger partial charge in [0.15, 0.2) is 0 Å². The molecule has 0 aromatic heterocycles. The van der Waals surface area contributed by atoms with Crippen LogP contribution in [0, 0.1) is 0 Å². The van der Waals surface area contributed by atoms with E-state index in [-0.39, 0.29) is 17.5 Å². The molecule has 0 radical (unpaired) electrons. The fourth-order valence-corrected chi connectivity index (χ4v) is 4.69. The average molecular weight is 429 g/mol. The molecule has 1 saturated carbocycles. The van der Waals surface area contributed by atoms with E-state index >= 15 is 0 Å². The molecule has 1 aliphatic heterocycles. The molecule has 2 aromatic rings. The Morgan fingerprint density at radius 3 is 2.53 bits per heavy atom. The van der Waals surface area contributed by atoms with Crippen LogP contribution in [0.15, 0.2) is 42.5 Å². The largest absolute Gasteiger partial charge is 0.494 e. The third-order valence-electron chi connectivity index (χ3n) is 5.77. The first-order chi connectivity index (χ1) is 14.5. The number of carbonyl (C=O) groups is 1. The fraction of sp³-hybridized carbons (Fsp3) is 0.458. The number of rotatable bonds is 6. The molecule has 0 saturated heterocycles. The monoisotopic (exact) mass is 428 g/mol. The Kier molecular flexibility index (Phi) is 6.09. The summed E-state index contributed by atoms with van der Waals surface area (Å²) >= 11 is 7.00. The Balaban J connectivity index is 1.60. The summed E-state index contributed by atoms with van der Waals surface area (Å²) in [6, 6.07) is 14.7. The average Bonchev–Trinajstić information content (AvgIpc) is 2.93. The number of nitrogens with zero attached hydrogens (tertiary/aromatic N) is 1. The van der Waals surface area contributed by atoms with Crippen molar-refractivity contribution in [3.8, 4) is 5.75 Å². The van der Waals surface area contributed by atoms with E-state index in [2.05, 4.69) is 22.3 Å². The maximum atomic E-state index is 11.9. The lowest BCUT2D eigenvalue weighted by Gasteiger charge is -2.41. The minimum atomic E-state index is -0.444. The normalized spacial score (nSPS) is 20.6. The van der Waals surface area contributed by atoms with Crippen molar-refractivity contribution >= 4 is 29.1 Å². The summed E-state index contributed by atoms with van der Waals surface area (Å²) in [5.41, 5.74) is 4.18. The van der Waals surface area contributed by atoms with E-state index in [1.165, 1.54) is 24.9 Å². The van der Waals surface area contributed by atoms with Crippen molar-refractivity contribution in [2.45, 2.75) is 63.6 Å². The van der Waals surface area contributed by atoms with Gasteiger partial charge in [0.2, 0.25) is 0 Å². The van der Waals surface area contributed by atoms with Crippen LogP contribution in [0.4, 0.5) is 16.2 Å². The van der Waals surface area contributed by atoms with Gasteiger partial charge in [-0.05, 0) is 69.4 Å². The van der Waals surface area contributed by atoms with Crippen LogP contribution in [0.5, 0.6) is 5.75 Å². The lowest BCUT2D eigenvalue weighted by Crippen LogP contribution is -2.41. The number of benzene rings is 2. The third-order valence-corrected chi connectivity index (χ3v) is 6.25. The van der Waals surface area contributed by atoms with Gasteiger partial charge in [-0.2, -0.15) is 0 Å². The van der Waals surface area contributed by atoms with Crippen LogP contribution in [-0.2, 0) is 4.74 Å². The number of anilines is 2. The Bertz CT molecular complexity index is 896. The standard InChI is InChI=1S/C24H29ClN2O3/c1-4-29-19-12-13-20-21(14-19)27(18-6-5-7-18)23(22(20)25)16-8-10-17(11-9-16)26-24(28)30-15(2)3/h8-15,18,22-23H,4-7H2,1-3H3,(H,26,28). The first-order valence-corrected chi connectivity index (χ1v) is 11.2. The second kappa shape index (κ2) is 8.76. The highest BCUT2D eigenvalue weighted by atomic mass is 35.5. The number of hydrogen-bond acceptors (Lipinski definition) is 4. The Morgan fingerprint density at radius 1 is 1.20 bits per heavy atom. The molecule has 160 valence electrons. The highest BCUT2D eigenvalue weighted by Gasteiger charge is 2.43. The second-order valence-electron chi connectivity index (χ2n) is 8.19. The molecule has 0 bridgehead atoms. The molecule has 2 aliphatic rings. The summed E-state index contributed by atoms with van der Waals surface area (Å²) in [5.74, 6) is 0.883. The Morgan fingerprint density at radius 2 is 1.93 bits per heavy atom. The van der Waals surface area contributed by atoms with Crippen LogP contribution in [0.25, 0.3) is 0 Å². The SMILES string of the molecule is CCOc1ccc2c(c1)N(C1CCC1)C(c1ccc(NC(=O)OC(C)C)cc1)C2Cl. The quantitative estimate of drug-likeness (QED) is 0.538. The van der Waals surface area contributed by atoms with Crippen LogP contribution >= 0.6 is 11.6 Å². The lowest BCUT2D eigenvalue weighted by atomic mass is 9.89. The fourth-order valence-electron chi connectivity index (χ4n) is 4.24. The van der Waals surface area contributed by atoms with Crippen molar-refractivity contribution in [1.29, 1.82) is 0 Å². The van der Waals surface area contributed by atoms with Gasteiger partial charge in [0, 0.05) is 23.5 Å². The molecular weight excluding hydrogens is 400 g/mol. The summed E-state index contributed by atoms with van der Waals surface area (Å²) in [4.78, 5) is 14.3. The highest BCUT2D eigenvalue weighted by molar-refractivity contribution is 6.22. The molecule has 1 aliphatic carbocycles. The molecule has 0 spiro atoms. The molecule has 5 nitrogen and oxygen atoms in total. The zero-order chi connectivity index (χ0) is 21.3. The maximum Gasteiger partial charge on any atom is 0.411 e. The van der Waals surface area contributed by atoms with E-state index in [4.69, 9.17) is 21.1 Å². The summed E-state index contributed by atoms with van der Waals surface area (Å²) in [6.07, 6.45) is 3.01. The first kappa shape index (κ1) is 20.9. The van der Waals surface area contributed by atoms with E-state index in [0.717, 1.165) is 16.9 Å². The smallest absolute Gasteiger partial charge is 0.411 e. The van der Waals surface area contributed by atoms with Crippen molar-refractivity contribution in [3.63, 3.8) is 0 Å². The third kappa shape index (κ3) is 4.08. The van der Waals surface area contributed by atoms with E-state index in [1.54, 1.807) is 0 Å². The molecule has 4 rings (SSSR count). The van der Waals surface area contributed by atoms with Crippen LogP contribution in [0.1, 0.15) is 62.6 Å². The first-order valence-electron chi connectivity index (χ1n) is 10.7. The van der Waals surface area contributed by atoms with Gasteiger partial charge in [-0.15, -0.1) is 11.6 Å². The van der Waals surface area contributed by atoms with Gasteiger partial charge in [-0.1, -0.05) is 18.2 Å². The molecule has 2 unspecified atom stereocenters. The van der Waals surface area contributed by atoms with Crippen molar-refractivity contribution in [2.75, 3.05) is 16.8 Å². The van der Waals surface area contributed by atoms with Gasteiger partial charge >= 0.3 is 6.09 Å². The van der Waals surface area contributed by atoms with Gasteiger partial charge in [0.25, 0.3) is 0 Å². The van der Waals surface area contributed by atoms with Gasteiger partial charge in [0.1, 0.15) is 5.75 Å². The molecule has 1 N–H and O–H groups in total. The van der Waals surface area contributed by atoms with E-state index in [0.29, 0.717) is 18.3 Å². The minimum Gasteiger partial charge on any atom is -0.494 e. The molecule has 1 heterocycles. The van der Waals surface area contributed by atoms with Crippen molar-refractivity contribution in [1.82, 2.24) is 0 Å². The minimum absolute atomic E-state index is 0.0560. The molecule has 2 aromatic carbocycles. The Labute approximate surface area is 183 Å². The number of amides is 1. The van der Waals surface area contributed by atoms with Crippen LogP contribution in [0.3, 0.4) is 0 Å². The second-order valence-corrected chi connectivity index (χ2v) is 8.66. The van der Waals surface area contributed by atoms with E-state index < -0.39 is 6.09 Å². The predicted molar refractivity (Wildman–Crippen MR) is 121 cm³/mol. The number of carbonyl (C=O) groups excluding carboxylic acids is 1. The van der Waals surface area contributed by atoms with Crippen molar-refractivity contribution in [2.24, 2.45) is 0 Å². The summed E-state index contributed by atoms with van der Waals surface area (Å²) in [7, 11) is 0. The molecule has 1 amide bonds. The highest BCUT2D eigenvalue weighted by Crippen LogP contribution is 2.54. The van der Waals surface area contributed by atoms with E-state index in [9.17, 15) is 4.79 Å². The number of hydrogen-bond donors (Lipinski definition) is 1. The summed E-state index contributed by atoms with van der Waals surface area (Å²) in [6.45, 7) is 6.29. The maximum absolute atomic E-state index is 11.9. The van der Waals surface area contributed by atoms with Gasteiger partial charge in [0.05, 0.1) is 24.1 Å². The number of fused-ring (bicyclic) bond motifs is 1. The molecule has 6 heteroatoms. The number of nitrogens with one attached hydrogen (secondary N) is 1. The Hall–Kier alpha value is -2.40. The van der Waals surface area contributed by atoms with Crippen molar-refractivity contribution in [3.05, 3.63) is 53.6 Å². The van der Waals surface area contributed by atoms with Gasteiger partial charge in [-0.3, -0.25) is 5.32 Å². The summed E-state index contributed by atoms with van der Waals surface area (Å²) < 4.78 is 10.9. The van der Waals surface area contributed by atoms with Crippen molar-refractivity contribution < 1.29 is 14.3 Å². The topological polar surface area (TPSA) is 50.8 Å². The zero-order valence-corrected chi connectivity index (χ0v) is 18.5. The van der Waals surface area contributed by atoms with E-state index in [1.807, 2.05) is 51.1 Å². The number of halogens is 1. The molecule has 2 atom stereocenters. The molecule has 30 heavy (non-hydrogen) atoms. The number of alkyl halides is 1. The van der Waals surface area contributed by atoms with Crippen LogP contribution in [0.2, 0.25) is 0 Å². The molecular formula is C24H29ClN2O3. The van der Waals surface area contributed by atoms with Crippen LogP contribution < -0.4 is 15.0 Å². The van der Waals surface area contributed by atoms with Gasteiger partial charge in [-0.25, -0.2) is 4.79 Å². The summed E-state index contributed by atoms with van der Waals surface area (Å²) in [5, 5.41) is 2.63. The lowest BCUT2D eigenvalue weighted by molar-refractivity contribution is 0.130. The number of ether oxygens (including phenoxy) is 2. The van der Waals surface area contributed by atoms with Crippen LogP contribution in [-0.4, -0.2) is 24.8 Å². The van der Waals surface area contributed by atoms with Gasteiger partial charge < -0.3 is 14.4 Å². The predicted octanol–water partition coefficient (Wildman–Crippen LogP) is 6.44. The molecule has 1 fully saturated rings.